The van der Waals surface area contributed by atoms with Gasteiger partial charge in [-0.25, -0.2) is 0 Å². The highest BCUT2D eigenvalue weighted by Crippen LogP contribution is 2.17. The normalized spacial score (nSPS) is 12.7. The van der Waals surface area contributed by atoms with E-state index in [0.29, 0.717) is 19.3 Å². The number of nitrogens with one attached hydrogen (secondary N) is 1. The Morgan fingerprint density at radius 3 is 2.63 bits per heavy atom. The van der Waals surface area contributed by atoms with Gasteiger partial charge in [-0.05, 0) is 24.8 Å². The monoisotopic (exact) mass is 287 g/mol. The molecule has 1 heterocycles. The standard InChI is InChI=1S/C14H25NO3S/c1-13(14-5-3-12-19-14)15-6-9-17-7-4-8-18-11-10-16-2/h3,5,12-13,15H,4,6-11H2,1-2H3. The first-order chi connectivity index (χ1) is 9.34. The van der Waals surface area contributed by atoms with E-state index in [1.165, 1.54) is 4.88 Å². The van der Waals surface area contributed by atoms with Crippen molar-refractivity contribution in [2.45, 2.75) is 19.4 Å². The topological polar surface area (TPSA) is 39.7 Å². The van der Waals surface area contributed by atoms with Crippen LogP contribution in [-0.4, -0.2) is 46.7 Å². The molecule has 110 valence electrons. The molecule has 1 rings (SSSR count). The van der Waals surface area contributed by atoms with Gasteiger partial charge in [0.2, 0.25) is 0 Å². The van der Waals surface area contributed by atoms with E-state index in [2.05, 4.69) is 29.8 Å². The fourth-order valence-corrected chi connectivity index (χ4v) is 2.35. The van der Waals surface area contributed by atoms with Gasteiger partial charge < -0.3 is 19.5 Å². The zero-order valence-electron chi connectivity index (χ0n) is 11.9. The van der Waals surface area contributed by atoms with Crippen LogP contribution >= 0.6 is 11.3 Å². The van der Waals surface area contributed by atoms with Crippen molar-refractivity contribution in [3.05, 3.63) is 22.4 Å². The molecule has 0 bridgehead atoms. The maximum absolute atomic E-state index is 5.54. The maximum Gasteiger partial charge on any atom is 0.0700 e. The van der Waals surface area contributed by atoms with Gasteiger partial charge in [0.15, 0.2) is 0 Å². The summed E-state index contributed by atoms with van der Waals surface area (Å²) in [6.45, 7) is 6.61. The van der Waals surface area contributed by atoms with Crippen molar-refractivity contribution in [2.24, 2.45) is 0 Å². The van der Waals surface area contributed by atoms with Crippen molar-refractivity contribution >= 4 is 11.3 Å². The van der Waals surface area contributed by atoms with Crippen LogP contribution in [0.25, 0.3) is 0 Å². The van der Waals surface area contributed by atoms with E-state index in [4.69, 9.17) is 14.2 Å². The molecule has 0 saturated carbocycles. The molecule has 1 unspecified atom stereocenters. The van der Waals surface area contributed by atoms with Gasteiger partial charge in [0, 0.05) is 37.8 Å². The number of methoxy groups -OCH3 is 1. The third-order valence-electron chi connectivity index (χ3n) is 2.68. The van der Waals surface area contributed by atoms with Gasteiger partial charge in [-0.1, -0.05) is 6.07 Å². The summed E-state index contributed by atoms with van der Waals surface area (Å²) in [5.41, 5.74) is 0. The van der Waals surface area contributed by atoms with Crippen LogP contribution < -0.4 is 5.32 Å². The Morgan fingerprint density at radius 2 is 1.95 bits per heavy atom. The van der Waals surface area contributed by atoms with Gasteiger partial charge in [0.1, 0.15) is 0 Å². The average Bonchev–Trinajstić information content (AvgIpc) is 2.95. The zero-order valence-corrected chi connectivity index (χ0v) is 12.7. The lowest BCUT2D eigenvalue weighted by atomic mass is 10.3. The van der Waals surface area contributed by atoms with Crippen LogP contribution in [0.3, 0.4) is 0 Å². The molecule has 4 nitrogen and oxygen atoms in total. The zero-order chi connectivity index (χ0) is 13.8. The Balaban J connectivity index is 1.83. The number of thiophene rings is 1. The van der Waals surface area contributed by atoms with E-state index in [9.17, 15) is 0 Å². The minimum atomic E-state index is 0.404. The molecular formula is C14H25NO3S. The quantitative estimate of drug-likeness (QED) is 0.600. The van der Waals surface area contributed by atoms with Gasteiger partial charge in [0.25, 0.3) is 0 Å². The molecule has 0 radical (unpaired) electrons. The number of rotatable bonds is 12. The van der Waals surface area contributed by atoms with Crippen molar-refractivity contribution in [1.29, 1.82) is 0 Å². The highest BCUT2D eigenvalue weighted by Gasteiger charge is 2.04. The molecule has 5 heteroatoms. The molecular weight excluding hydrogens is 262 g/mol. The van der Waals surface area contributed by atoms with Crippen LogP contribution in [0.2, 0.25) is 0 Å². The highest BCUT2D eigenvalue weighted by molar-refractivity contribution is 7.10. The first kappa shape index (κ1) is 16.6. The van der Waals surface area contributed by atoms with Crippen molar-refractivity contribution < 1.29 is 14.2 Å². The van der Waals surface area contributed by atoms with Crippen LogP contribution in [0.1, 0.15) is 24.3 Å². The summed E-state index contributed by atoms with van der Waals surface area (Å²) in [6.07, 6.45) is 0.935. The molecule has 1 aromatic rings. The predicted octanol–water partition coefficient (Wildman–Crippen LogP) is 2.47. The minimum absolute atomic E-state index is 0.404. The van der Waals surface area contributed by atoms with Gasteiger partial charge in [-0.2, -0.15) is 0 Å². The van der Waals surface area contributed by atoms with E-state index in [1.807, 2.05) is 0 Å². The number of hydrogen-bond acceptors (Lipinski definition) is 5. The lowest BCUT2D eigenvalue weighted by Gasteiger charge is -2.12. The summed E-state index contributed by atoms with van der Waals surface area (Å²) >= 11 is 1.78. The van der Waals surface area contributed by atoms with Gasteiger partial charge >= 0.3 is 0 Å². The summed E-state index contributed by atoms with van der Waals surface area (Å²) in [5, 5.41) is 5.55. The second-order valence-electron chi connectivity index (χ2n) is 4.26. The van der Waals surface area contributed by atoms with Crippen molar-refractivity contribution in [3.63, 3.8) is 0 Å². The van der Waals surface area contributed by atoms with Crippen LogP contribution in [0.15, 0.2) is 17.5 Å². The van der Waals surface area contributed by atoms with Crippen LogP contribution in [-0.2, 0) is 14.2 Å². The lowest BCUT2D eigenvalue weighted by molar-refractivity contribution is 0.0516. The molecule has 0 aromatic carbocycles. The average molecular weight is 287 g/mol. The molecule has 0 amide bonds. The Morgan fingerprint density at radius 1 is 1.16 bits per heavy atom. The molecule has 0 aliphatic carbocycles. The van der Waals surface area contributed by atoms with Crippen molar-refractivity contribution in [1.82, 2.24) is 5.32 Å². The summed E-state index contributed by atoms with van der Waals surface area (Å²) < 4.78 is 15.8. The third kappa shape index (κ3) is 8.34. The van der Waals surface area contributed by atoms with Crippen LogP contribution in [0.5, 0.6) is 0 Å². The molecule has 0 fully saturated rings. The highest BCUT2D eigenvalue weighted by atomic mass is 32.1. The fourth-order valence-electron chi connectivity index (χ4n) is 1.60. The Bertz CT molecular complexity index is 293. The van der Waals surface area contributed by atoms with Gasteiger partial charge in [0.05, 0.1) is 19.8 Å². The SMILES string of the molecule is COCCOCCCOCCNC(C)c1cccs1. The summed E-state index contributed by atoms with van der Waals surface area (Å²) in [5.74, 6) is 0. The van der Waals surface area contributed by atoms with Gasteiger partial charge in [-0.15, -0.1) is 11.3 Å². The molecule has 0 aliphatic heterocycles. The Kier molecular flexibility index (Phi) is 9.93. The molecule has 0 saturated heterocycles. The second-order valence-corrected chi connectivity index (χ2v) is 5.24. The molecule has 1 N–H and O–H groups in total. The van der Waals surface area contributed by atoms with E-state index in [-0.39, 0.29) is 0 Å². The smallest absolute Gasteiger partial charge is 0.0700 e. The summed E-state index contributed by atoms with van der Waals surface area (Å²) in [6, 6.07) is 4.64. The first-order valence-corrected chi connectivity index (χ1v) is 7.63. The minimum Gasteiger partial charge on any atom is -0.382 e. The van der Waals surface area contributed by atoms with Crippen molar-refractivity contribution in [2.75, 3.05) is 46.7 Å². The lowest BCUT2D eigenvalue weighted by Crippen LogP contribution is -2.23. The summed E-state index contributed by atoms with van der Waals surface area (Å²) in [7, 11) is 1.68. The van der Waals surface area contributed by atoms with E-state index in [0.717, 1.165) is 32.8 Å². The molecule has 1 atom stereocenters. The van der Waals surface area contributed by atoms with Crippen LogP contribution in [0.4, 0.5) is 0 Å². The van der Waals surface area contributed by atoms with E-state index in [1.54, 1.807) is 18.4 Å². The Labute approximate surface area is 120 Å². The Hall–Kier alpha value is -0.460. The van der Waals surface area contributed by atoms with E-state index >= 15 is 0 Å². The van der Waals surface area contributed by atoms with Crippen molar-refractivity contribution in [3.8, 4) is 0 Å². The molecule has 0 aliphatic rings. The molecule has 0 spiro atoms. The summed E-state index contributed by atoms with van der Waals surface area (Å²) in [4.78, 5) is 1.37. The fraction of sp³-hybridized carbons (Fsp3) is 0.714. The molecule has 1 aromatic heterocycles. The number of ether oxygens (including phenoxy) is 3. The largest absolute Gasteiger partial charge is 0.382 e. The maximum atomic E-state index is 5.54. The van der Waals surface area contributed by atoms with Crippen LogP contribution in [0, 0.1) is 0 Å². The predicted molar refractivity (Wildman–Crippen MR) is 78.9 cm³/mol. The second kappa shape index (κ2) is 11.4. The molecule has 19 heavy (non-hydrogen) atoms. The van der Waals surface area contributed by atoms with Gasteiger partial charge in [-0.3, -0.25) is 0 Å². The third-order valence-corrected chi connectivity index (χ3v) is 3.73. The van der Waals surface area contributed by atoms with E-state index < -0.39 is 0 Å². The number of hydrogen-bond donors (Lipinski definition) is 1. The first-order valence-electron chi connectivity index (χ1n) is 6.76.